The minimum atomic E-state index is -0.339. The highest BCUT2D eigenvalue weighted by Gasteiger charge is 2.13. The van der Waals surface area contributed by atoms with Crippen molar-refractivity contribution >= 4 is 11.5 Å². The minimum Gasteiger partial charge on any atom is -0.366 e. The molecule has 0 aliphatic rings. The third-order valence-corrected chi connectivity index (χ3v) is 2.89. The van der Waals surface area contributed by atoms with Crippen molar-refractivity contribution in [3.8, 4) is 0 Å². The zero-order valence-corrected chi connectivity index (χ0v) is 10.6. The first-order valence-electron chi connectivity index (χ1n) is 6.03. The molecule has 2 heterocycles. The van der Waals surface area contributed by atoms with Gasteiger partial charge in [0.05, 0.1) is 0 Å². The molecule has 2 aromatic rings. The number of hydrogen-bond acceptors (Lipinski definition) is 5. The standard InChI is InChI=1S/C11H18N6O/c1-7(2)8(5-6-12)13-9-3-4-10-14-15-11(18)17(10)16-9/h3-4,7-8H,5-6,12H2,1-2H3,(H,13,16)(H,15,18). The van der Waals surface area contributed by atoms with Crippen LogP contribution in [-0.4, -0.2) is 32.4 Å². The summed E-state index contributed by atoms with van der Waals surface area (Å²) < 4.78 is 1.24. The van der Waals surface area contributed by atoms with Gasteiger partial charge in [-0.25, -0.2) is 9.89 Å². The molecule has 0 saturated carbocycles. The Morgan fingerprint density at radius 3 is 2.94 bits per heavy atom. The molecule has 0 aliphatic heterocycles. The maximum Gasteiger partial charge on any atom is 0.364 e. The van der Waals surface area contributed by atoms with Crippen molar-refractivity contribution in [2.45, 2.75) is 26.3 Å². The lowest BCUT2D eigenvalue weighted by molar-refractivity contribution is 0.496. The zero-order valence-electron chi connectivity index (χ0n) is 10.6. The van der Waals surface area contributed by atoms with E-state index in [2.05, 4.69) is 34.5 Å². The van der Waals surface area contributed by atoms with Crippen LogP contribution in [-0.2, 0) is 0 Å². The lowest BCUT2D eigenvalue weighted by atomic mass is 10.0. The Morgan fingerprint density at radius 1 is 1.50 bits per heavy atom. The van der Waals surface area contributed by atoms with Gasteiger partial charge in [0.15, 0.2) is 5.65 Å². The summed E-state index contributed by atoms with van der Waals surface area (Å²) in [6, 6.07) is 3.79. The van der Waals surface area contributed by atoms with Crippen molar-refractivity contribution in [2.75, 3.05) is 11.9 Å². The van der Waals surface area contributed by atoms with E-state index in [-0.39, 0.29) is 11.7 Å². The molecule has 0 radical (unpaired) electrons. The van der Waals surface area contributed by atoms with Gasteiger partial charge >= 0.3 is 5.69 Å². The lowest BCUT2D eigenvalue weighted by Gasteiger charge is -2.22. The Kier molecular flexibility index (Phi) is 3.61. The monoisotopic (exact) mass is 250 g/mol. The van der Waals surface area contributed by atoms with Crippen LogP contribution in [0.3, 0.4) is 0 Å². The van der Waals surface area contributed by atoms with Crippen LogP contribution >= 0.6 is 0 Å². The number of rotatable bonds is 5. The number of hydrogen-bond donors (Lipinski definition) is 3. The van der Waals surface area contributed by atoms with Gasteiger partial charge in [-0.2, -0.15) is 9.61 Å². The van der Waals surface area contributed by atoms with E-state index in [0.717, 1.165) is 6.42 Å². The molecular weight excluding hydrogens is 232 g/mol. The Morgan fingerprint density at radius 2 is 2.28 bits per heavy atom. The molecule has 7 nitrogen and oxygen atoms in total. The van der Waals surface area contributed by atoms with Crippen LogP contribution in [0.5, 0.6) is 0 Å². The molecule has 4 N–H and O–H groups in total. The van der Waals surface area contributed by atoms with E-state index < -0.39 is 0 Å². The summed E-state index contributed by atoms with van der Waals surface area (Å²) >= 11 is 0. The topological polar surface area (TPSA) is 101 Å². The summed E-state index contributed by atoms with van der Waals surface area (Å²) in [6.07, 6.45) is 0.859. The molecule has 2 aromatic heterocycles. The van der Waals surface area contributed by atoms with Gasteiger partial charge in [0, 0.05) is 6.04 Å². The van der Waals surface area contributed by atoms with Crippen LogP contribution in [0.2, 0.25) is 0 Å². The number of anilines is 1. The number of fused-ring (bicyclic) bond motifs is 1. The molecule has 2 rings (SSSR count). The predicted molar refractivity (Wildman–Crippen MR) is 69.5 cm³/mol. The van der Waals surface area contributed by atoms with Crippen LogP contribution in [0.4, 0.5) is 5.82 Å². The van der Waals surface area contributed by atoms with E-state index >= 15 is 0 Å². The second kappa shape index (κ2) is 5.18. The molecule has 0 spiro atoms. The number of aromatic nitrogens is 4. The summed E-state index contributed by atoms with van der Waals surface area (Å²) in [5, 5.41) is 13.7. The van der Waals surface area contributed by atoms with Crippen LogP contribution in [0.1, 0.15) is 20.3 Å². The van der Waals surface area contributed by atoms with E-state index in [0.29, 0.717) is 23.9 Å². The second-order valence-corrected chi connectivity index (χ2v) is 4.59. The average Bonchev–Trinajstić information content (AvgIpc) is 2.70. The van der Waals surface area contributed by atoms with Crippen molar-refractivity contribution < 1.29 is 0 Å². The first-order chi connectivity index (χ1) is 8.61. The molecule has 0 fully saturated rings. The van der Waals surface area contributed by atoms with Gasteiger partial charge in [-0.3, -0.25) is 0 Å². The maximum absolute atomic E-state index is 11.4. The van der Waals surface area contributed by atoms with Gasteiger partial charge in [-0.05, 0) is 31.0 Å². The third-order valence-electron chi connectivity index (χ3n) is 2.89. The fraction of sp³-hybridized carbons (Fsp3) is 0.545. The van der Waals surface area contributed by atoms with Gasteiger partial charge < -0.3 is 11.1 Å². The van der Waals surface area contributed by atoms with Crippen molar-refractivity contribution in [2.24, 2.45) is 11.7 Å². The number of H-pyrrole nitrogens is 1. The molecule has 18 heavy (non-hydrogen) atoms. The summed E-state index contributed by atoms with van der Waals surface area (Å²) in [7, 11) is 0. The number of nitrogens with one attached hydrogen (secondary N) is 2. The van der Waals surface area contributed by atoms with Gasteiger partial charge in [0.25, 0.3) is 0 Å². The first-order valence-corrected chi connectivity index (χ1v) is 6.03. The van der Waals surface area contributed by atoms with Gasteiger partial charge in [0.2, 0.25) is 0 Å². The average molecular weight is 250 g/mol. The highest BCUT2D eigenvalue weighted by atomic mass is 16.2. The SMILES string of the molecule is CC(C)C(CCN)Nc1ccc2n[nH]c(=O)n2n1. The van der Waals surface area contributed by atoms with E-state index in [4.69, 9.17) is 5.73 Å². The van der Waals surface area contributed by atoms with E-state index in [1.165, 1.54) is 4.52 Å². The number of aromatic amines is 1. The van der Waals surface area contributed by atoms with Crippen molar-refractivity contribution in [3.63, 3.8) is 0 Å². The highest BCUT2D eigenvalue weighted by Crippen LogP contribution is 2.12. The van der Waals surface area contributed by atoms with E-state index in [1.54, 1.807) is 6.07 Å². The van der Waals surface area contributed by atoms with Crippen molar-refractivity contribution in [1.29, 1.82) is 0 Å². The second-order valence-electron chi connectivity index (χ2n) is 4.59. The predicted octanol–water partition coefficient (Wildman–Crippen LogP) is 0.203. The number of nitrogens with zero attached hydrogens (tertiary/aromatic N) is 3. The van der Waals surface area contributed by atoms with Crippen molar-refractivity contribution in [1.82, 2.24) is 19.8 Å². The van der Waals surface area contributed by atoms with E-state index in [9.17, 15) is 4.79 Å². The molecule has 0 bridgehead atoms. The van der Waals surface area contributed by atoms with Crippen LogP contribution in [0.25, 0.3) is 5.65 Å². The molecule has 7 heteroatoms. The molecule has 1 atom stereocenters. The van der Waals surface area contributed by atoms with Crippen molar-refractivity contribution in [3.05, 3.63) is 22.6 Å². The smallest absolute Gasteiger partial charge is 0.364 e. The summed E-state index contributed by atoms with van der Waals surface area (Å²) in [5.41, 5.74) is 5.75. The van der Waals surface area contributed by atoms with Gasteiger partial charge in [-0.1, -0.05) is 13.8 Å². The molecule has 98 valence electrons. The Labute approximate surface area is 104 Å². The molecule has 1 unspecified atom stereocenters. The molecule has 0 saturated heterocycles. The fourth-order valence-corrected chi connectivity index (χ4v) is 1.82. The summed E-state index contributed by atoms with van der Waals surface area (Å²) in [4.78, 5) is 11.4. The highest BCUT2D eigenvalue weighted by molar-refractivity contribution is 5.43. The van der Waals surface area contributed by atoms with E-state index in [1.807, 2.05) is 6.07 Å². The summed E-state index contributed by atoms with van der Waals surface area (Å²) in [5.74, 6) is 1.09. The van der Waals surface area contributed by atoms with Gasteiger partial charge in [0.1, 0.15) is 5.82 Å². The Balaban J connectivity index is 2.24. The summed E-state index contributed by atoms with van der Waals surface area (Å²) in [6.45, 7) is 4.86. The minimum absolute atomic E-state index is 0.238. The lowest BCUT2D eigenvalue weighted by Crippen LogP contribution is -2.29. The fourth-order valence-electron chi connectivity index (χ4n) is 1.82. The van der Waals surface area contributed by atoms with Crippen LogP contribution in [0, 0.1) is 5.92 Å². The first kappa shape index (κ1) is 12.6. The normalized spacial score (nSPS) is 13.1. The third kappa shape index (κ3) is 2.51. The zero-order chi connectivity index (χ0) is 13.1. The largest absolute Gasteiger partial charge is 0.366 e. The molecule has 0 amide bonds. The van der Waals surface area contributed by atoms with Crippen LogP contribution < -0.4 is 16.7 Å². The Hall–Kier alpha value is -1.89. The Bertz CT molecular complexity index is 572. The maximum atomic E-state index is 11.4. The quantitative estimate of drug-likeness (QED) is 0.704. The van der Waals surface area contributed by atoms with Gasteiger partial charge in [-0.15, -0.1) is 5.10 Å². The molecule has 0 aliphatic carbocycles. The molecular formula is C11H18N6O. The number of nitrogens with two attached hydrogens (primary N) is 1. The molecule has 0 aromatic carbocycles. The van der Waals surface area contributed by atoms with Crippen LogP contribution in [0.15, 0.2) is 16.9 Å².